The summed E-state index contributed by atoms with van der Waals surface area (Å²) in [6.45, 7) is 4.42. The summed E-state index contributed by atoms with van der Waals surface area (Å²) in [6, 6.07) is 9.41. The molecule has 0 aliphatic rings. The molecule has 1 atom stereocenters. The average molecular weight is 191 g/mol. The molecule has 1 aromatic carbocycles. The van der Waals surface area contributed by atoms with E-state index in [9.17, 15) is 0 Å². The van der Waals surface area contributed by atoms with E-state index in [1.165, 1.54) is 30.4 Å². The van der Waals surface area contributed by atoms with Gasteiger partial charge in [-0.2, -0.15) is 0 Å². The minimum atomic E-state index is 0.454. The normalized spacial score (nSPS) is 12.8. The summed E-state index contributed by atoms with van der Waals surface area (Å²) < 4.78 is 0. The summed E-state index contributed by atoms with van der Waals surface area (Å²) in [5, 5.41) is 3.24. The highest BCUT2D eigenvalue weighted by Gasteiger charge is 2.01. The first-order chi connectivity index (χ1) is 6.77. The summed E-state index contributed by atoms with van der Waals surface area (Å²) in [7, 11) is 2.00. The largest absolute Gasteiger partial charge is 0.313 e. The average Bonchev–Trinajstić information content (AvgIpc) is 2.26. The predicted molar refractivity (Wildman–Crippen MR) is 62.5 cm³/mol. The van der Waals surface area contributed by atoms with Gasteiger partial charge in [-0.25, -0.2) is 0 Å². The van der Waals surface area contributed by atoms with Gasteiger partial charge in [0, 0.05) is 6.04 Å². The highest BCUT2D eigenvalue weighted by Crippen LogP contribution is 2.13. The van der Waals surface area contributed by atoms with Gasteiger partial charge in [0.25, 0.3) is 0 Å². The van der Waals surface area contributed by atoms with Crippen LogP contribution in [-0.4, -0.2) is 7.05 Å². The molecule has 0 amide bonds. The van der Waals surface area contributed by atoms with Crippen molar-refractivity contribution in [3.8, 4) is 0 Å². The maximum Gasteiger partial charge on any atom is 0.0289 e. The number of hydrogen-bond donors (Lipinski definition) is 1. The SMILES string of the molecule is CCCCc1ccc([C@@H](C)NC)cc1. The van der Waals surface area contributed by atoms with E-state index in [0.717, 1.165) is 0 Å². The number of aryl methyl sites for hydroxylation is 1. The van der Waals surface area contributed by atoms with Gasteiger partial charge in [0.15, 0.2) is 0 Å². The minimum absolute atomic E-state index is 0.454. The van der Waals surface area contributed by atoms with Crippen molar-refractivity contribution in [3.05, 3.63) is 35.4 Å². The molecule has 1 aromatic rings. The van der Waals surface area contributed by atoms with Crippen LogP contribution in [0.1, 0.15) is 43.9 Å². The summed E-state index contributed by atoms with van der Waals surface area (Å²) >= 11 is 0. The third-order valence-corrected chi connectivity index (χ3v) is 2.73. The Labute approximate surface area is 87.5 Å². The molecule has 1 N–H and O–H groups in total. The van der Waals surface area contributed by atoms with Crippen LogP contribution in [-0.2, 0) is 6.42 Å². The highest BCUT2D eigenvalue weighted by atomic mass is 14.8. The summed E-state index contributed by atoms with van der Waals surface area (Å²) in [4.78, 5) is 0. The van der Waals surface area contributed by atoms with Crippen LogP contribution in [0.4, 0.5) is 0 Å². The molecule has 0 aliphatic carbocycles. The zero-order valence-electron chi connectivity index (χ0n) is 9.51. The van der Waals surface area contributed by atoms with Gasteiger partial charge in [-0.3, -0.25) is 0 Å². The van der Waals surface area contributed by atoms with Crippen molar-refractivity contribution in [3.63, 3.8) is 0 Å². The molecule has 1 rings (SSSR count). The van der Waals surface area contributed by atoms with Gasteiger partial charge < -0.3 is 5.32 Å². The Balaban J connectivity index is 2.59. The fourth-order valence-corrected chi connectivity index (χ4v) is 1.52. The highest BCUT2D eigenvalue weighted by molar-refractivity contribution is 5.24. The quantitative estimate of drug-likeness (QED) is 0.753. The monoisotopic (exact) mass is 191 g/mol. The van der Waals surface area contributed by atoms with E-state index >= 15 is 0 Å². The third kappa shape index (κ3) is 3.15. The molecule has 0 unspecified atom stereocenters. The lowest BCUT2D eigenvalue weighted by Crippen LogP contribution is -2.11. The zero-order valence-corrected chi connectivity index (χ0v) is 9.51. The molecule has 0 fully saturated rings. The first-order valence-electron chi connectivity index (χ1n) is 5.54. The van der Waals surface area contributed by atoms with Crippen molar-refractivity contribution >= 4 is 0 Å². The second-order valence-corrected chi connectivity index (χ2v) is 3.86. The molecule has 0 aliphatic heterocycles. The maximum atomic E-state index is 3.24. The van der Waals surface area contributed by atoms with E-state index < -0.39 is 0 Å². The summed E-state index contributed by atoms with van der Waals surface area (Å²) in [6.07, 6.45) is 3.78. The molecule has 0 radical (unpaired) electrons. The van der Waals surface area contributed by atoms with Crippen molar-refractivity contribution in [2.24, 2.45) is 0 Å². The van der Waals surface area contributed by atoms with Gasteiger partial charge in [-0.15, -0.1) is 0 Å². The molecular formula is C13H21N. The van der Waals surface area contributed by atoms with Gasteiger partial charge in [-0.05, 0) is 37.9 Å². The van der Waals surface area contributed by atoms with Gasteiger partial charge >= 0.3 is 0 Å². The molecule has 14 heavy (non-hydrogen) atoms. The van der Waals surface area contributed by atoms with E-state index in [1.54, 1.807) is 0 Å². The molecule has 0 spiro atoms. The predicted octanol–water partition coefficient (Wildman–Crippen LogP) is 3.31. The number of benzene rings is 1. The number of rotatable bonds is 5. The van der Waals surface area contributed by atoms with Crippen molar-refractivity contribution in [1.82, 2.24) is 5.32 Å². The number of nitrogens with one attached hydrogen (secondary N) is 1. The molecule has 0 heterocycles. The van der Waals surface area contributed by atoms with Crippen LogP contribution < -0.4 is 5.32 Å². The Morgan fingerprint density at radius 2 is 1.86 bits per heavy atom. The van der Waals surface area contributed by atoms with Crippen molar-refractivity contribution in [1.29, 1.82) is 0 Å². The van der Waals surface area contributed by atoms with Crippen LogP contribution in [0, 0.1) is 0 Å². The molecule has 0 aromatic heterocycles. The molecule has 0 saturated carbocycles. The minimum Gasteiger partial charge on any atom is -0.313 e. The van der Waals surface area contributed by atoms with Crippen LogP contribution >= 0.6 is 0 Å². The molecule has 1 heteroatoms. The third-order valence-electron chi connectivity index (χ3n) is 2.73. The van der Waals surface area contributed by atoms with Crippen LogP contribution in [0.2, 0.25) is 0 Å². The second-order valence-electron chi connectivity index (χ2n) is 3.86. The standard InChI is InChI=1S/C13H21N/c1-4-5-6-12-7-9-13(10-8-12)11(2)14-3/h7-11,14H,4-6H2,1-3H3/t11-/m1/s1. The Morgan fingerprint density at radius 3 is 2.36 bits per heavy atom. The number of hydrogen-bond acceptors (Lipinski definition) is 1. The lowest BCUT2D eigenvalue weighted by atomic mass is 10.0. The Morgan fingerprint density at radius 1 is 1.21 bits per heavy atom. The first-order valence-corrected chi connectivity index (χ1v) is 5.54. The van der Waals surface area contributed by atoms with Crippen LogP contribution in [0.5, 0.6) is 0 Å². The van der Waals surface area contributed by atoms with Crippen molar-refractivity contribution in [2.75, 3.05) is 7.05 Å². The van der Waals surface area contributed by atoms with E-state index in [4.69, 9.17) is 0 Å². The van der Waals surface area contributed by atoms with E-state index in [1.807, 2.05) is 7.05 Å². The second kappa shape index (κ2) is 5.82. The van der Waals surface area contributed by atoms with Crippen LogP contribution in [0.25, 0.3) is 0 Å². The molecule has 78 valence electrons. The fraction of sp³-hybridized carbons (Fsp3) is 0.538. The molecule has 0 saturated heterocycles. The topological polar surface area (TPSA) is 12.0 Å². The lowest BCUT2D eigenvalue weighted by Gasteiger charge is -2.10. The van der Waals surface area contributed by atoms with Crippen LogP contribution in [0.15, 0.2) is 24.3 Å². The summed E-state index contributed by atoms with van der Waals surface area (Å²) in [5.41, 5.74) is 2.83. The smallest absolute Gasteiger partial charge is 0.0289 e. The lowest BCUT2D eigenvalue weighted by molar-refractivity contribution is 0.652. The Kier molecular flexibility index (Phi) is 4.68. The first kappa shape index (κ1) is 11.3. The molecule has 0 bridgehead atoms. The number of unbranched alkanes of at least 4 members (excludes halogenated alkanes) is 1. The Hall–Kier alpha value is -0.820. The molecule has 1 nitrogen and oxygen atoms in total. The van der Waals surface area contributed by atoms with Gasteiger partial charge in [0.2, 0.25) is 0 Å². The van der Waals surface area contributed by atoms with Crippen molar-refractivity contribution in [2.45, 2.75) is 39.2 Å². The molecular weight excluding hydrogens is 170 g/mol. The van der Waals surface area contributed by atoms with Gasteiger partial charge in [-0.1, -0.05) is 37.6 Å². The fourth-order valence-electron chi connectivity index (χ4n) is 1.52. The van der Waals surface area contributed by atoms with E-state index in [0.29, 0.717) is 6.04 Å². The van der Waals surface area contributed by atoms with E-state index in [2.05, 4.69) is 43.4 Å². The van der Waals surface area contributed by atoms with Gasteiger partial charge in [0.05, 0.1) is 0 Å². The Bertz CT molecular complexity index is 250. The van der Waals surface area contributed by atoms with E-state index in [-0.39, 0.29) is 0 Å². The summed E-state index contributed by atoms with van der Waals surface area (Å²) in [5.74, 6) is 0. The zero-order chi connectivity index (χ0) is 10.4. The maximum absolute atomic E-state index is 3.24. The van der Waals surface area contributed by atoms with Gasteiger partial charge in [0.1, 0.15) is 0 Å². The van der Waals surface area contributed by atoms with Crippen molar-refractivity contribution < 1.29 is 0 Å². The van der Waals surface area contributed by atoms with Crippen LogP contribution in [0.3, 0.4) is 0 Å².